The van der Waals surface area contributed by atoms with Crippen molar-refractivity contribution in [3.05, 3.63) is 21.9 Å². The van der Waals surface area contributed by atoms with E-state index in [9.17, 15) is 4.79 Å². The van der Waals surface area contributed by atoms with E-state index in [0.717, 1.165) is 6.42 Å². The van der Waals surface area contributed by atoms with Crippen LogP contribution in [0.4, 0.5) is 0 Å². The molecule has 5 heteroatoms. The Labute approximate surface area is 126 Å². The Morgan fingerprint density at radius 2 is 2.10 bits per heavy atom. The van der Waals surface area contributed by atoms with Gasteiger partial charge in [0.1, 0.15) is 0 Å². The van der Waals surface area contributed by atoms with Crippen molar-refractivity contribution in [2.24, 2.45) is 5.73 Å². The minimum absolute atomic E-state index is 0.0323. The van der Waals surface area contributed by atoms with Crippen LogP contribution in [0.1, 0.15) is 43.0 Å². The molecule has 0 aliphatic carbocycles. The quantitative estimate of drug-likeness (QED) is 0.812. The zero-order valence-corrected chi connectivity index (χ0v) is 14.0. The molecule has 1 aromatic rings. The maximum absolute atomic E-state index is 11.9. The van der Waals surface area contributed by atoms with Crippen molar-refractivity contribution in [3.63, 3.8) is 0 Å². The van der Waals surface area contributed by atoms with E-state index in [4.69, 9.17) is 5.73 Å². The highest BCUT2D eigenvalue weighted by atomic mass is 32.1. The molecule has 0 radical (unpaired) electrons. The molecule has 0 saturated carbocycles. The summed E-state index contributed by atoms with van der Waals surface area (Å²) < 4.78 is 0. The maximum atomic E-state index is 11.9. The number of amides is 1. The molecule has 1 aromatic heterocycles. The van der Waals surface area contributed by atoms with E-state index in [1.54, 1.807) is 11.3 Å². The molecule has 1 amide bonds. The predicted octanol–water partition coefficient (Wildman–Crippen LogP) is 2.29. The highest BCUT2D eigenvalue weighted by Crippen LogP contribution is 2.29. The Morgan fingerprint density at radius 1 is 1.45 bits per heavy atom. The van der Waals surface area contributed by atoms with Crippen LogP contribution in [0.5, 0.6) is 0 Å². The lowest BCUT2D eigenvalue weighted by molar-refractivity contribution is -0.123. The number of carbonyl (C=O) groups excluding carboxylic acids is 1. The van der Waals surface area contributed by atoms with E-state index in [1.165, 1.54) is 9.75 Å². The van der Waals surface area contributed by atoms with Gasteiger partial charge in [-0.1, -0.05) is 6.92 Å². The van der Waals surface area contributed by atoms with Gasteiger partial charge in [0.05, 0.1) is 12.6 Å². The second-order valence-corrected chi connectivity index (χ2v) is 6.92. The smallest absolute Gasteiger partial charge is 0.234 e. The minimum atomic E-state index is 0.0323. The lowest BCUT2D eigenvalue weighted by Crippen LogP contribution is -2.44. The van der Waals surface area contributed by atoms with Crippen molar-refractivity contribution < 1.29 is 4.79 Å². The number of hydrogen-bond donors (Lipinski definition) is 2. The summed E-state index contributed by atoms with van der Waals surface area (Å²) in [6, 6.07) is 4.52. The third-order valence-electron chi connectivity index (χ3n) is 3.25. The molecule has 1 heterocycles. The van der Waals surface area contributed by atoms with Crippen LogP contribution >= 0.6 is 11.3 Å². The van der Waals surface area contributed by atoms with Crippen LogP contribution in [-0.2, 0) is 4.79 Å². The first kappa shape index (κ1) is 17.1. The van der Waals surface area contributed by atoms with Gasteiger partial charge < -0.3 is 11.1 Å². The van der Waals surface area contributed by atoms with Gasteiger partial charge in [-0.25, -0.2) is 0 Å². The van der Waals surface area contributed by atoms with Crippen LogP contribution in [0.2, 0.25) is 0 Å². The summed E-state index contributed by atoms with van der Waals surface area (Å²) in [5.41, 5.74) is 6.27. The molecule has 0 aliphatic heterocycles. The molecule has 0 saturated heterocycles. The van der Waals surface area contributed by atoms with Crippen molar-refractivity contribution >= 4 is 17.2 Å². The molecule has 0 spiro atoms. The number of carbonyl (C=O) groups is 1. The number of nitrogens with two attached hydrogens (primary N) is 1. The highest BCUT2D eigenvalue weighted by Gasteiger charge is 2.25. The molecule has 2 unspecified atom stereocenters. The second kappa shape index (κ2) is 7.76. The first-order valence-electron chi connectivity index (χ1n) is 7.16. The Hall–Kier alpha value is -0.910. The van der Waals surface area contributed by atoms with Crippen LogP contribution in [0.15, 0.2) is 12.1 Å². The molecule has 114 valence electrons. The van der Waals surface area contributed by atoms with Crippen molar-refractivity contribution in [1.29, 1.82) is 0 Å². The summed E-state index contributed by atoms with van der Waals surface area (Å²) in [4.78, 5) is 16.5. The summed E-state index contributed by atoms with van der Waals surface area (Å²) in [5, 5.41) is 2.92. The van der Waals surface area contributed by atoms with Crippen LogP contribution in [0.25, 0.3) is 0 Å². The Morgan fingerprint density at radius 3 is 2.55 bits per heavy atom. The average Bonchev–Trinajstić information content (AvgIpc) is 2.74. The number of hydrogen-bond acceptors (Lipinski definition) is 4. The van der Waals surface area contributed by atoms with Gasteiger partial charge in [-0.2, -0.15) is 0 Å². The van der Waals surface area contributed by atoms with Gasteiger partial charge in [-0.05, 0) is 46.4 Å². The van der Waals surface area contributed by atoms with Crippen LogP contribution in [-0.4, -0.2) is 36.5 Å². The summed E-state index contributed by atoms with van der Waals surface area (Å²) >= 11 is 1.76. The van der Waals surface area contributed by atoms with Gasteiger partial charge >= 0.3 is 0 Å². The molecule has 4 nitrogen and oxygen atoms in total. The third-order valence-corrected chi connectivity index (χ3v) is 4.32. The SMILES string of the molecule is CCC(N)C(c1ccc(C)s1)N(C)CC(=O)NC(C)C. The van der Waals surface area contributed by atoms with Crippen molar-refractivity contribution in [3.8, 4) is 0 Å². The zero-order chi connectivity index (χ0) is 15.3. The van der Waals surface area contributed by atoms with E-state index in [2.05, 4.69) is 36.2 Å². The van der Waals surface area contributed by atoms with E-state index in [0.29, 0.717) is 6.54 Å². The maximum Gasteiger partial charge on any atom is 0.234 e. The van der Waals surface area contributed by atoms with E-state index < -0.39 is 0 Å². The van der Waals surface area contributed by atoms with Gasteiger partial charge in [-0.15, -0.1) is 11.3 Å². The molecule has 0 fully saturated rings. The van der Waals surface area contributed by atoms with Crippen molar-refractivity contribution in [2.75, 3.05) is 13.6 Å². The number of nitrogens with zero attached hydrogens (tertiary/aromatic N) is 1. The predicted molar refractivity (Wildman–Crippen MR) is 86.0 cm³/mol. The molecule has 1 rings (SSSR count). The minimum Gasteiger partial charge on any atom is -0.353 e. The Bertz CT molecular complexity index is 431. The van der Waals surface area contributed by atoms with E-state index in [1.807, 2.05) is 20.9 Å². The fourth-order valence-electron chi connectivity index (χ4n) is 2.28. The third kappa shape index (κ3) is 4.89. The van der Waals surface area contributed by atoms with Crippen LogP contribution in [0, 0.1) is 6.92 Å². The number of nitrogens with one attached hydrogen (secondary N) is 1. The van der Waals surface area contributed by atoms with E-state index >= 15 is 0 Å². The number of aryl methyl sites for hydroxylation is 1. The lowest BCUT2D eigenvalue weighted by atomic mass is 10.0. The number of rotatable bonds is 7. The first-order chi connectivity index (χ1) is 9.35. The molecular formula is C15H27N3OS. The number of thiophene rings is 1. The molecule has 3 N–H and O–H groups in total. The summed E-state index contributed by atoms with van der Waals surface area (Å²) in [5.74, 6) is 0.0454. The Kier molecular flexibility index (Phi) is 6.65. The van der Waals surface area contributed by atoms with Gasteiger partial charge in [0.15, 0.2) is 0 Å². The van der Waals surface area contributed by atoms with Crippen LogP contribution < -0.4 is 11.1 Å². The molecule has 0 aromatic carbocycles. The fourth-order valence-corrected chi connectivity index (χ4v) is 3.40. The summed E-state index contributed by atoms with van der Waals surface area (Å²) in [7, 11) is 1.97. The van der Waals surface area contributed by atoms with Gasteiger partial charge in [0.2, 0.25) is 5.91 Å². The van der Waals surface area contributed by atoms with E-state index in [-0.39, 0.29) is 24.0 Å². The Balaban J connectivity index is 2.80. The molecular weight excluding hydrogens is 270 g/mol. The van der Waals surface area contributed by atoms with Gasteiger partial charge in [0.25, 0.3) is 0 Å². The molecule has 20 heavy (non-hydrogen) atoms. The topological polar surface area (TPSA) is 58.4 Å². The molecule has 2 atom stereocenters. The van der Waals surface area contributed by atoms with Crippen LogP contribution in [0.3, 0.4) is 0 Å². The zero-order valence-electron chi connectivity index (χ0n) is 13.1. The van der Waals surface area contributed by atoms with Crippen molar-refractivity contribution in [2.45, 2.75) is 52.2 Å². The molecule has 0 bridgehead atoms. The molecule has 0 aliphatic rings. The summed E-state index contributed by atoms with van der Waals surface area (Å²) in [6.07, 6.45) is 0.887. The monoisotopic (exact) mass is 297 g/mol. The average molecular weight is 297 g/mol. The summed E-state index contributed by atoms with van der Waals surface area (Å²) in [6.45, 7) is 8.48. The van der Waals surface area contributed by atoms with Crippen molar-refractivity contribution in [1.82, 2.24) is 10.2 Å². The highest BCUT2D eigenvalue weighted by molar-refractivity contribution is 7.12. The van der Waals surface area contributed by atoms with Gasteiger partial charge in [-0.3, -0.25) is 9.69 Å². The standard InChI is InChI=1S/C15H27N3OS/c1-6-12(16)15(13-8-7-11(4)20-13)18(5)9-14(19)17-10(2)3/h7-8,10,12,15H,6,9,16H2,1-5H3,(H,17,19). The normalized spacial score (nSPS) is 14.6. The first-order valence-corrected chi connectivity index (χ1v) is 7.98. The lowest BCUT2D eigenvalue weighted by Gasteiger charge is -2.31. The number of likely N-dealkylation sites (N-methyl/N-ethyl adjacent to an activating group) is 1. The largest absolute Gasteiger partial charge is 0.353 e. The fraction of sp³-hybridized carbons (Fsp3) is 0.667. The second-order valence-electron chi connectivity index (χ2n) is 5.60. The van der Waals surface area contributed by atoms with Gasteiger partial charge in [0, 0.05) is 21.8 Å².